The predicted octanol–water partition coefficient (Wildman–Crippen LogP) is 2.33. The number of aromatic nitrogens is 1. The van der Waals surface area contributed by atoms with Crippen LogP contribution < -0.4 is 10.6 Å². The molecule has 4 nitrogen and oxygen atoms in total. The van der Waals surface area contributed by atoms with Gasteiger partial charge in [0.25, 0.3) is 0 Å². The zero-order valence-corrected chi connectivity index (χ0v) is 12.3. The Morgan fingerprint density at radius 3 is 2.67 bits per heavy atom. The second-order valence-electron chi connectivity index (χ2n) is 5.12. The maximum Gasteiger partial charge on any atom is 0.185 e. The molecule has 5 heteroatoms. The molecule has 2 N–H and O–H groups in total. The van der Waals surface area contributed by atoms with Gasteiger partial charge in [0, 0.05) is 37.7 Å². The molecule has 18 heavy (non-hydrogen) atoms. The van der Waals surface area contributed by atoms with Crippen LogP contribution >= 0.6 is 11.3 Å². The SMILES string of the molecule is COCC1CCN(c2nc(C)c(C(C)N)s2)CC1. The van der Waals surface area contributed by atoms with E-state index >= 15 is 0 Å². The number of ether oxygens (including phenoxy) is 1. The van der Waals surface area contributed by atoms with Gasteiger partial charge in [0.2, 0.25) is 0 Å². The van der Waals surface area contributed by atoms with E-state index in [0.29, 0.717) is 5.92 Å². The minimum atomic E-state index is 0.0854. The topological polar surface area (TPSA) is 51.4 Å². The van der Waals surface area contributed by atoms with Crippen molar-refractivity contribution in [2.24, 2.45) is 11.7 Å². The van der Waals surface area contributed by atoms with Gasteiger partial charge in [0.15, 0.2) is 5.13 Å². The number of thiazole rings is 1. The average Bonchev–Trinajstić information content (AvgIpc) is 2.73. The minimum absolute atomic E-state index is 0.0854. The van der Waals surface area contributed by atoms with Crippen molar-refractivity contribution in [1.82, 2.24) is 4.98 Å². The number of methoxy groups -OCH3 is 1. The molecular formula is C13H23N3OS. The van der Waals surface area contributed by atoms with Crippen molar-refractivity contribution in [3.05, 3.63) is 10.6 Å². The maximum absolute atomic E-state index is 5.95. The highest BCUT2D eigenvalue weighted by atomic mass is 32.1. The molecule has 0 spiro atoms. The lowest BCUT2D eigenvalue weighted by molar-refractivity contribution is 0.139. The molecule has 1 aromatic heterocycles. The summed E-state index contributed by atoms with van der Waals surface area (Å²) in [5, 5.41) is 1.13. The van der Waals surface area contributed by atoms with Crippen LogP contribution in [0.15, 0.2) is 0 Å². The molecular weight excluding hydrogens is 246 g/mol. The summed E-state index contributed by atoms with van der Waals surface area (Å²) < 4.78 is 5.23. The summed E-state index contributed by atoms with van der Waals surface area (Å²) in [5.41, 5.74) is 7.04. The fraction of sp³-hybridized carbons (Fsp3) is 0.769. The summed E-state index contributed by atoms with van der Waals surface area (Å²) in [4.78, 5) is 8.26. The first kappa shape index (κ1) is 13.8. The summed E-state index contributed by atoms with van der Waals surface area (Å²) in [7, 11) is 1.78. The Labute approximate surface area is 113 Å². The van der Waals surface area contributed by atoms with Crippen LogP contribution in [-0.4, -0.2) is 31.8 Å². The van der Waals surface area contributed by atoms with Gasteiger partial charge in [-0.2, -0.15) is 0 Å². The van der Waals surface area contributed by atoms with E-state index in [1.54, 1.807) is 18.4 Å². The number of hydrogen-bond acceptors (Lipinski definition) is 5. The summed E-state index contributed by atoms with van der Waals surface area (Å²) in [5.74, 6) is 0.709. The van der Waals surface area contributed by atoms with Crippen LogP contribution in [0.1, 0.15) is 36.4 Å². The maximum atomic E-state index is 5.95. The molecule has 0 amide bonds. The van der Waals surface area contributed by atoms with Gasteiger partial charge in [-0.05, 0) is 32.6 Å². The highest BCUT2D eigenvalue weighted by molar-refractivity contribution is 7.15. The van der Waals surface area contributed by atoms with Gasteiger partial charge in [-0.15, -0.1) is 11.3 Å². The Morgan fingerprint density at radius 1 is 1.50 bits per heavy atom. The molecule has 102 valence electrons. The minimum Gasteiger partial charge on any atom is -0.384 e. The van der Waals surface area contributed by atoms with E-state index in [1.165, 1.54) is 17.7 Å². The molecule has 0 aromatic carbocycles. The third-order valence-corrected chi connectivity index (χ3v) is 4.94. The molecule has 2 heterocycles. The number of piperidine rings is 1. The van der Waals surface area contributed by atoms with Crippen LogP contribution in [0, 0.1) is 12.8 Å². The Balaban J connectivity index is 1.99. The van der Waals surface area contributed by atoms with Gasteiger partial charge in [0.1, 0.15) is 0 Å². The second-order valence-corrected chi connectivity index (χ2v) is 6.13. The first-order valence-corrected chi connectivity index (χ1v) is 7.40. The third kappa shape index (κ3) is 3.02. The first-order chi connectivity index (χ1) is 8.61. The summed E-state index contributed by atoms with van der Waals surface area (Å²) >= 11 is 1.75. The average molecular weight is 269 g/mol. The summed E-state index contributed by atoms with van der Waals surface area (Å²) in [6.07, 6.45) is 2.39. The molecule has 1 atom stereocenters. The van der Waals surface area contributed by atoms with E-state index in [0.717, 1.165) is 30.5 Å². The summed E-state index contributed by atoms with van der Waals surface area (Å²) in [6.45, 7) is 7.13. The van der Waals surface area contributed by atoms with Gasteiger partial charge in [0.05, 0.1) is 5.69 Å². The van der Waals surface area contributed by atoms with E-state index in [9.17, 15) is 0 Å². The highest BCUT2D eigenvalue weighted by Gasteiger charge is 2.22. The van der Waals surface area contributed by atoms with Gasteiger partial charge in [-0.3, -0.25) is 0 Å². The second kappa shape index (κ2) is 5.99. The van der Waals surface area contributed by atoms with Gasteiger partial charge in [-0.25, -0.2) is 4.98 Å². The number of rotatable bonds is 4. The summed E-state index contributed by atoms with van der Waals surface area (Å²) in [6, 6.07) is 0.0854. The van der Waals surface area contributed by atoms with E-state index < -0.39 is 0 Å². The fourth-order valence-corrected chi connectivity index (χ4v) is 3.55. The predicted molar refractivity (Wildman–Crippen MR) is 76.3 cm³/mol. The molecule has 0 aliphatic carbocycles. The van der Waals surface area contributed by atoms with Crippen LogP contribution in [0.25, 0.3) is 0 Å². The van der Waals surface area contributed by atoms with Crippen molar-refractivity contribution in [2.75, 3.05) is 31.7 Å². The van der Waals surface area contributed by atoms with E-state index in [1.807, 2.05) is 6.92 Å². The van der Waals surface area contributed by atoms with Crippen LogP contribution in [0.3, 0.4) is 0 Å². The number of nitrogens with zero attached hydrogens (tertiary/aromatic N) is 2. The Hall–Kier alpha value is -0.650. The normalized spacial score (nSPS) is 19.2. The quantitative estimate of drug-likeness (QED) is 0.911. The van der Waals surface area contributed by atoms with Gasteiger partial charge in [-0.1, -0.05) is 0 Å². The van der Waals surface area contributed by atoms with Crippen molar-refractivity contribution in [1.29, 1.82) is 0 Å². The third-order valence-electron chi connectivity index (χ3n) is 3.52. The molecule has 1 aromatic rings. The van der Waals surface area contributed by atoms with Gasteiger partial charge >= 0.3 is 0 Å². The number of aryl methyl sites for hydroxylation is 1. The molecule has 0 saturated carbocycles. The number of anilines is 1. The molecule has 2 rings (SSSR count). The Kier molecular flexibility index (Phi) is 4.59. The van der Waals surface area contributed by atoms with Crippen molar-refractivity contribution in [3.63, 3.8) is 0 Å². The zero-order valence-electron chi connectivity index (χ0n) is 11.5. The molecule has 1 unspecified atom stereocenters. The van der Waals surface area contributed by atoms with Crippen molar-refractivity contribution >= 4 is 16.5 Å². The molecule has 1 aliphatic rings. The smallest absolute Gasteiger partial charge is 0.185 e. The lowest BCUT2D eigenvalue weighted by Crippen LogP contribution is -2.34. The zero-order chi connectivity index (χ0) is 13.1. The highest BCUT2D eigenvalue weighted by Crippen LogP contribution is 2.32. The fourth-order valence-electron chi connectivity index (χ4n) is 2.48. The van der Waals surface area contributed by atoms with Crippen molar-refractivity contribution < 1.29 is 4.74 Å². The monoisotopic (exact) mass is 269 g/mol. The lowest BCUT2D eigenvalue weighted by Gasteiger charge is -2.31. The largest absolute Gasteiger partial charge is 0.384 e. The van der Waals surface area contributed by atoms with Crippen LogP contribution in [0.2, 0.25) is 0 Å². The molecule has 1 aliphatic heterocycles. The number of hydrogen-bond donors (Lipinski definition) is 1. The Morgan fingerprint density at radius 2 is 2.17 bits per heavy atom. The molecule has 0 bridgehead atoms. The van der Waals surface area contributed by atoms with Crippen molar-refractivity contribution in [2.45, 2.75) is 32.7 Å². The first-order valence-electron chi connectivity index (χ1n) is 6.58. The van der Waals surface area contributed by atoms with Gasteiger partial charge < -0.3 is 15.4 Å². The molecule has 0 radical (unpaired) electrons. The standard InChI is InChI=1S/C13H23N3OS/c1-9(14)12-10(2)15-13(18-12)16-6-4-11(5-7-16)8-17-3/h9,11H,4-8,14H2,1-3H3. The van der Waals surface area contributed by atoms with Crippen LogP contribution in [-0.2, 0) is 4.74 Å². The molecule has 1 fully saturated rings. The Bertz CT molecular complexity index is 384. The van der Waals surface area contributed by atoms with Crippen LogP contribution in [0.4, 0.5) is 5.13 Å². The van der Waals surface area contributed by atoms with E-state index in [4.69, 9.17) is 10.5 Å². The lowest BCUT2D eigenvalue weighted by atomic mass is 9.98. The van der Waals surface area contributed by atoms with Crippen molar-refractivity contribution in [3.8, 4) is 0 Å². The van der Waals surface area contributed by atoms with E-state index in [2.05, 4.69) is 16.8 Å². The molecule has 1 saturated heterocycles. The number of nitrogens with two attached hydrogens (primary N) is 1. The van der Waals surface area contributed by atoms with Crippen LogP contribution in [0.5, 0.6) is 0 Å². The van der Waals surface area contributed by atoms with E-state index in [-0.39, 0.29) is 6.04 Å².